The number of carboxylic acids is 1. The van der Waals surface area contributed by atoms with Crippen LogP contribution >= 0.6 is 15.9 Å². The van der Waals surface area contributed by atoms with Gasteiger partial charge in [0, 0.05) is 25.6 Å². The molecule has 114 valence electrons. The van der Waals surface area contributed by atoms with Gasteiger partial charge in [-0.15, -0.1) is 0 Å². The molecule has 0 fully saturated rings. The largest absolute Gasteiger partial charge is 0.478 e. The van der Waals surface area contributed by atoms with Crippen molar-refractivity contribution in [1.82, 2.24) is 9.80 Å². The van der Waals surface area contributed by atoms with Gasteiger partial charge in [0.2, 0.25) is 5.91 Å². The molecule has 0 aromatic heterocycles. The number of carboxylic acid groups (broad SMARTS) is 1. The first kappa shape index (κ1) is 17.0. The highest BCUT2D eigenvalue weighted by molar-refractivity contribution is 9.10. The van der Waals surface area contributed by atoms with Crippen LogP contribution in [0.2, 0.25) is 0 Å². The Bertz CT molecular complexity index is 575. The lowest BCUT2D eigenvalue weighted by molar-refractivity contribution is -0.129. The molecule has 1 aromatic rings. The molecule has 0 radical (unpaired) electrons. The average Bonchev–Trinajstić information content (AvgIpc) is 2.40. The maximum atomic E-state index is 12.0. The monoisotopic (exact) mass is 357 g/mol. The quantitative estimate of drug-likeness (QED) is 0.857. The number of carbonyl (C=O) groups is 3. The van der Waals surface area contributed by atoms with Gasteiger partial charge in [-0.25, -0.2) is 9.59 Å². The highest BCUT2D eigenvalue weighted by Crippen LogP contribution is 2.26. The van der Waals surface area contributed by atoms with Gasteiger partial charge in [-0.2, -0.15) is 0 Å². The summed E-state index contributed by atoms with van der Waals surface area (Å²) >= 11 is 3.20. The number of carbonyl (C=O) groups excluding carboxylic acids is 2. The Labute approximate surface area is 130 Å². The molecule has 3 amide bonds. The summed E-state index contributed by atoms with van der Waals surface area (Å²) in [5.41, 5.74) is 0.115. The lowest BCUT2D eigenvalue weighted by Crippen LogP contribution is -2.40. The summed E-state index contributed by atoms with van der Waals surface area (Å²) in [7, 11) is 4.63. The fourth-order valence-corrected chi connectivity index (χ4v) is 1.91. The molecule has 1 rings (SSSR count). The van der Waals surface area contributed by atoms with Crippen molar-refractivity contribution >= 4 is 39.5 Å². The zero-order valence-corrected chi connectivity index (χ0v) is 13.5. The van der Waals surface area contributed by atoms with E-state index in [0.717, 1.165) is 0 Å². The normalized spacial score (nSPS) is 9.90. The van der Waals surface area contributed by atoms with Crippen molar-refractivity contribution in [3.05, 3.63) is 28.2 Å². The summed E-state index contributed by atoms with van der Waals surface area (Å²) in [6.45, 7) is -0.105. The van der Waals surface area contributed by atoms with Crippen molar-refractivity contribution in [2.75, 3.05) is 33.0 Å². The molecule has 0 atom stereocenters. The van der Waals surface area contributed by atoms with Crippen LogP contribution in [-0.4, -0.2) is 60.5 Å². The van der Waals surface area contributed by atoms with E-state index in [1.54, 1.807) is 26.2 Å². The second kappa shape index (κ2) is 7.07. The van der Waals surface area contributed by atoms with Gasteiger partial charge in [0.25, 0.3) is 0 Å². The molecule has 0 unspecified atom stereocenters. The number of hydrogen-bond acceptors (Lipinski definition) is 3. The van der Waals surface area contributed by atoms with Crippen LogP contribution in [0.15, 0.2) is 22.7 Å². The first-order valence-corrected chi connectivity index (χ1v) is 6.77. The van der Waals surface area contributed by atoms with Crippen LogP contribution in [0, 0.1) is 0 Å². The highest BCUT2D eigenvalue weighted by atomic mass is 79.9. The number of para-hydroxylation sites is 1. The van der Waals surface area contributed by atoms with Crippen LogP contribution < -0.4 is 5.32 Å². The summed E-state index contributed by atoms with van der Waals surface area (Å²) in [6, 6.07) is 3.99. The molecule has 0 aliphatic heterocycles. The first-order valence-electron chi connectivity index (χ1n) is 5.98. The number of amides is 3. The number of benzene rings is 1. The molecule has 8 heteroatoms. The van der Waals surface area contributed by atoms with Crippen molar-refractivity contribution in [1.29, 1.82) is 0 Å². The van der Waals surface area contributed by atoms with E-state index >= 15 is 0 Å². The van der Waals surface area contributed by atoms with Crippen molar-refractivity contribution in [2.24, 2.45) is 0 Å². The molecule has 0 bridgehead atoms. The Hall–Kier alpha value is -2.09. The first-order chi connectivity index (χ1) is 9.73. The molecule has 1 aromatic carbocycles. The third-order valence-electron chi connectivity index (χ3n) is 2.69. The van der Waals surface area contributed by atoms with E-state index in [1.165, 1.54) is 22.9 Å². The number of anilines is 1. The number of aromatic carboxylic acids is 1. The summed E-state index contributed by atoms with van der Waals surface area (Å²) in [6.07, 6.45) is 0. The molecule has 0 heterocycles. The lowest BCUT2D eigenvalue weighted by atomic mass is 10.2. The molecular weight excluding hydrogens is 342 g/mol. The summed E-state index contributed by atoms with van der Waals surface area (Å²) in [5.74, 6) is -1.39. The third kappa shape index (κ3) is 4.45. The average molecular weight is 358 g/mol. The molecule has 0 spiro atoms. The van der Waals surface area contributed by atoms with Crippen LogP contribution in [0.3, 0.4) is 0 Å². The van der Waals surface area contributed by atoms with E-state index in [-0.39, 0.29) is 23.7 Å². The lowest BCUT2D eigenvalue weighted by Gasteiger charge is -2.20. The number of hydrogen-bond donors (Lipinski definition) is 2. The minimum absolute atomic E-state index is 0.0370. The number of urea groups is 1. The number of nitrogens with zero attached hydrogens (tertiary/aromatic N) is 2. The second-order valence-electron chi connectivity index (χ2n) is 4.54. The Morgan fingerprint density at radius 1 is 1.24 bits per heavy atom. The Morgan fingerprint density at radius 3 is 2.38 bits per heavy atom. The van der Waals surface area contributed by atoms with Gasteiger partial charge in [0.05, 0.1) is 11.3 Å². The van der Waals surface area contributed by atoms with Gasteiger partial charge >= 0.3 is 12.0 Å². The van der Waals surface area contributed by atoms with Crippen LogP contribution in [0.25, 0.3) is 0 Å². The molecule has 0 aliphatic rings. The maximum absolute atomic E-state index is 12.0. The number of halogens is 1. The fraction of sp³-hybridized carbons (Fsp3) is 0.308. The third-order valence-corrected chi connectivity index (χ3v) is 3.35. The number of nitrogens with one attached hydrogen (secondary N) is 1. The maximum Gasteiger partial charge on any atom is 0.337 e. The molecule has 7 nitrogen and oxygen atoms in total. The van der Waals surface area contributed by atoms with Crippen molar-refractivity contribution in [3.8, 4) is 0 Å². The van der Waals surface area contributed by atoms with Crippen LogP contribution in [-0.2, 0) is 4.79 Å². The van der Waals surface area contributed by atoms with E-state index in [2.05, 4.69) is 21.2 Å². The van der Waals surface area contributed by atoms with E-state index in [4.69, 9.17) is 5.11 Å². The van der Waals surface area contributed by atoms with Gasteiger partial charge in [0.1, 0.15) is 6.54 Å². The number of likely N-dealkylation sites (N-methyl/N-ethyl adjacent to an activating group) is 2. The van der Waals surface area contributed by atoms with E-state index in [9.17, 15) is 14.4 Å². The zero-order chi connectivity index (χ0) is 16.2. The second-order valence-corrected chi connectivity index (χ2v) is 5.40. The standard InChI is InChI=1S/C13H16BrN3O4/c1-16(2)10(18)7-17(3)13(21)15-11-8(12(19)20)5-4-6-9(11)14/h4-6H,7H2,1-3H3,(H,15,21)(H,19,20). The minimum atomic E-state index is -1.15. The van der Waals surface area contributed by atoms with Crippen molar-refractivity contribution < 1.29 is 19.5 Å². The van der Waals surface area contributed by atoms with Gasteiger partial charge in [-0.3, -0.25) is 4.79 Å². The van der Waals surface area contributed by atoms with Crippen LogP contribution in [0.5, 0.6) is 0 Å². The van der Waals surface area contributed by atoms with Crippen molar-refractivity contribution in [2.45, 2.75) is 0 Å². The van der Waals surface area contributed by atoms with E-state index in [0.29, 0.717) is 4.47 Å². The Kier molecular flexibility index (Phi) is 5.71. The summed E-state index contributed by atoms with van der Waals surface area (Å²) in [4.78, 5) is 37.3. The molecule has 21 heavy (non-hydrogen) atoms. The van der Waals surface area contributed by atoms with Gasteiger partial charge in [0.15, 0.2) is 0 Å². The topological polar surface area (TPSA) is 90.0 Å². The van der Waals surface area contributed by atoms with Crippen molar-refractivity contribution in [3.63, 3.8) is 0 Å². The molecule has 0 saturated carbocycles. The smallest absolute Gasteiger partial charge is 0.337 e. The Morgan fingerprint density at radius 2 is 1.86 bits per heavy atom. The SMILES string of the molecule is CN(C)C(=O)CN(C)C(=O)Nc1c(Br)cccc1C(=O)O. The summed E-state index contributed by atoms with van der Waals surface area (Å²) in [5, 5.41) is 11.6. The van der Waals surface area contributed by atoms with Crippen LogP contribution in [0.1, 0.15) is 10.4 Å². The summed E-state index contributed by atoms with van der Waals surface area (Å²) < 4.78 is 0.447. The molecule has 2 N–H and O–H groups in total. The predicted molar refractivity (Wildman–Crippen MR) is 81.4 cm³/mol. The van der Waals surface area contributed by atoms with Gasteiger partial charge in [-0.05, 0) is 28.1 Å². The molecular formula is C13H16BrN3O4. The van der Waals surface area contributed by atoms with Gasteiger partial charge in [-0.1, -0.05) is 6.07 Å². The molecule has 0 aliphatic carbocycles. The van der Waals surface area contributed by atoms with E-state index < -0.39 is 12.0 Å². The van der Waals surface area contributed by atoms with Gasteiger partial charge < -0.3 is 20.2 Å². The predicted octanol–water partition coefficient (Wildman–Crippen LogP) is 1.70. The fourth-order valence-electron chi connectivity index (χ4n) is 1.45. The Balaban J connectivity index is 2.89. The minimum Gasteiger partial charge on any atom is -0.478 e. The zero-order valence-electron chi connectivity index (χ0n) is 11.9. The molecule has 0 saturated heterocycles. The van der Waals surface area contributed by atoms with Crippen LogP contribution in [0.4, 0.5) is 10.5 Å². The highest BCUT2D eigenvalue weighted by Gasteiger charge is 2.19. The van der Waals surface area contributed by atoms with E-state index in [1.807, 2.05) is 0 Å². The number of rotatable bonds is 4.